The SMILES string of the molecule is C/C(Cl)=N\C(=C/OC(C)(C)C)n1ccc(OCCCC2(C(F)(F)F)CC2)n1. The van der Waals surface area contributed by atoms with Gasteiger partial charge >= 0.3 is 6.18 Å². The van der Waals surface area contributed by atoms with Crippen LogP contribution >= 0.6 is 11.6 Å². The Bertz CT molecular complexity index is 697. The lowest BCUT2D eigenvalue weighted by molar-refractivity contribution is -0.189. The fourth-order valence-corrected chi connectivity index (χ4v) is 2.53. The molecule has 0 unspecified atom stereocenters. The highest BCUT2D eigenvalue weighted by Gasteiger charge is 2.62. The van der Waals surface area contributed by atoms with Crippen molar-refractivity contribution in [2.75, 3.05) is 6.61 Å². The minimum absolute atomic E-state index is 0.0809. The highest BCUT2D eigenvalue weighted by Crippen LogP contribution is 2.60. The van der Waals surface area contributed by atoms with E-state index in [4.69, 9.17) is 21.1 Å². The molecule has 0 saturated heterocycles. The maximum Gasteiger partial charge on any atom is 0.394 e. The molecule has 9 heteroatoms. The molecule has 27 heavy (non-hydrogen) atoms. The first kappa shape index (κ1) is 21.6. The van der Waals surface area contributed by atoms with Crippen LogP contribution in [0.25, 0.3) is 5.82 Å². The van der Waals surface area contributed by atoms with E-state index in [2.05, 4.69) is 10.1 Å². The van der Waals surface area contributed by atoms with Crippen molar-refractivity contribution in [3.8, 4) is 5.88 Å². The Kier molecular flexibility index (Phi) is 6.50. The summed E-state index contributed by atoms with van der Waals surface area (Å²) in [6.45, 7) is 7.47. The van der Waals surface area contributed by atoms with E-state index < -0.39 is 17.2 Å². The molecule has 1 aliphatic carbocycles. The molecular weight excluding hydrogens is 383 g/mol. The maximum absolute atomic E-state index is 12.9. The van der Waals surface area contributed by atoms with Crippen molar-refractivity contribution in [2.45, 2.75) is 65.2 Å². The van der Waals surface area contributed by atoms with E-state index in [0.29, 0.717) is 23.3 Å². The summed E-state index contributed by atoms with van der Waals surface area (Å²) in [5.74, 6) is 0.664. The number of hydrogen-bond acceptors (Lipinski definition) is 4. The molecule has 1 saturated carbocycles. The average Bonchev–Trinajstić information content (AvgIpc) is 3.18. The van der Waals surface area contributed by atoms with Crippen molar-refractivity contribution in [1.29, 1.82) is 0 Å². The minimum atomic E-state index is -4.13. The molecule has 1 aromatic rings. The predicted octanol–water partition coefficient (Wildman–Crippen LogP) is 5.61. The maximum atomic E-state index is 12.9. The van der Waals surface area contributed by atoms with E-state index in [1.165, 1.54) is 10.9 Å². The first-order valence-corrected chi connectivity index (χ1v) is 9.14. The zero-order chi connectivity index (χ0) is 20.3. The van der Waals surface area contributed by atoms with Crippen LogP contribution in [0.15, 0.2) is 23.5 Å². The molecule has 0 amide bonds. The summed E-state index contributed by atoms with van der Waals surface area (Å²) in [6.07, 6.45) is -0.236. The first-order valence-electron chi connectivity index (χ1n) is 8.76. The van der Waals surface area contributed by atoms with Gasteiger partial charge in [-0.25, -0.2) is 9.67 Å². The van der Waals surface area contributed by atoms with Crippen LogP contribution in [0.4, 0.5) is 13.2 Å². The second-order valence-electron chi connectivity index (χ2n) is 7.64. The van der Waals surface area contributed by atoms with E-state index >= 15 is 0 Å². The van der Waals surface area contributed by atoms with Gasteiger partial charge in [0, 0.05) is 12.3 Å². The Labute approximate surface area is 162 Å². The molecule has 5 nitrogen and oxygen atoms in total. The van der Waals surface area contributed by atoms with E-state index in [-0.39, 0.29) is 25.9 Å². The summed E-state index contributed by atoms with van der Waals surface area (Å²) in [5.41, 5.74) is -1.91. The van der Waals surface area contributed by atoms with Crippen LogP contribution in [0.3, 0.4) is 0 Å². The van der Waals surface area contributed by atoms with Gasteiger partial charge in [-0.05, 0) is 53.4 Å². The number of alkyl halides is 3. The summed E-state index contributed by atoms with van der Waals surface area (Å²) < 4.78 is 51.2. The van der Waals surface area contributed by atoms with Gasteiger partial charge in [0.1, 0.15) is 11.4 Å². The van der Waals surface area contributed by atoms with Crippen molar-refractivity contribution in [3.05, 3.63) is 18.5 Å². The number of halogens is 4. The highest BCUT2D eigenvalue weighted by atomic mass is 35.5. The number of hydrogen-bond donors (Lipinski definition) is 0. The number of aliphatic imine (C=N–C) groups is 1. The number of nitrogens with zero attached hydrogens (tertiary/aromatic N) is 3. The van der Waals surface area contributed by atoms with Gasteiger partial charge in [-0.2, -0.15) is 13.2 Å². The molecule has 1 fully saturated rings. The van der Waals surface area contributed by atoms with Gasteiger partial charge < -0.3 is 9.47 Å². The largest absolute Gasteiger partial charge is 0.492 e. The third-order valence-corrected chi connectivity index (χ3v) is 4.17. The Morgan fingerprint density at radius 1 is 1.37 bits per heavy atom. The van der Waals surface area contributed by atoms with Crippen LogP contribution in [0.1, 0.15) is 53.4 Å². The number of ether oxygens (including phenoxy) is 2. The van der Waals surface area contributed by atoms with Crippen LogP contribution in [0, 0.1) is 5.41 Å². The standard InChI is InChI=1S/C18H25ClF3N3O2/c1-13(19)23-14(12-27-16(2,3)4)25-10-6-15(24-25)26-11-5-7-17(8-9-17)18(20,21)22/h6,10,12H,5,7-9,11H2,1-4H3/b14-12+,23-13+. The van der Waals surface area contributed by atoms with E-state index in [1.807, 2.05) is 20.8 Å². The molecule has 1 heterocycles. The molecule has 0 radical (unpaired) electrons. The predicted molar refractivity (Wildman–Crippen MR) is 98.8 cm³/mol. The summed E-state index contributed by atoms with van der Waals surface area (Å²) in [4.78, 5) is 4.17. The van der Waals surface area contributed by atoms with Crippen LogP contribution in [0.2, 0.25) is 0 Å². The second kappa shape index (κ2) is 8.12. The summed E-state index contributed by atoms with van der Waals surface area (Å²) in [6, 6.07) is 1.61. The minimum Gasteiger partial charge on any atom is -0.492 e. The van der Waals surface area contributed by atoms with E-state index in [1.54, 1.807) is 19.2 Å². The topological polar surface area (TPSA) is 48.6 Å². The molecule has 0 aliphatic heterocycles. The second-order valence-corrected chi connectivity index (χ2v) is 8.19. The lowest BCUT2D eigenvalue weighted by atomic mass is 10.0. The van der Waals surface area contributed by atoms with E-state index in [0.717, 1.165) is 0 Å². The molecule has 1 aromatic heterocycles. The zero-order valence-corrected chi connectivity index (χ0v) is 16.7. The smallest absolute Gasteiger partial charge is 0.394 e. The van der Waals surface area contributed by atoms with Crippen LogP contribution in [-0.4, -0.2) is 33.3 Å². The molecule has 0 aromatic carbocycles. The monoisotopic (exact) mass is 407 g/mol. The molecule has 0 bridgehead atoms. The Morgan fingerprint density at radius 2 is 2.04 bits per heavy atom. The number of rotatable bonds is 8. The van der Waals surface area contributed by atoms with Crippen molar-refractivity contribution in [3.63, 3.8) is 0 Å². The van der Waals surface area contributed by atoms with Crippen molar-refractivity contribution in [1.82, 2.24) is 9.78 Å². The highest BCUT2D eigenvalue weighted by molar-refractivity contribution is 6.65. The lowest BCUT2D eigenvalue weighted by Gasteiger charge is -2.18. The first-order chi connectivity index (χ1) is 12.4. The quantitative estimate of drug-likeness (QED) is 0.319. The van der Waals surface area contributed by atoms with Crippen molar-refractivity contribution < 1.29 is 22.6 Å². The van der Waals surface area contributed by atoms with Gasteiger partial charge in [-0.1, -0.05) is 11.6 Å². The van der Waals surface area contributed by atoms with Gasteiger partial charge in [0.2, 0.25) is 5.88 Å². The van der Waals surface area contributed by atoms with Crippen LogP contribution in [0.5, 0.6) is 5.88 Å². The lowest BCUT2D eigenvalue weighted by Crippen LogP contribution is -2.24. The van der Waals surface area contributed by atoms with Gasteiger partial charge in [-0.15, -0.1) is 5.10 Å². The summed E-state index contributed by atoms with van der Waals surface area (Å²) in [7, 11) is 0. The molecule has 1 aliphatic rings. The van der Waals surface area contributed by atoms with Gasteiger partial charge in [0.25, 0.3) is 0 Å². The molecular formula is C18H25ClF3N3O2. The normalized spacial score (nSPS) is 17.8. The third kappa shape index (κ3) is 6.45. The molecule has 0 spiro atoms. The van der Waals surface area contributed by atoms with Crippen LogP contribution in [-0.2, 0) is 4.74 Å². The molecule has 0 atom stereocenters. The average molecular weight is 408 g/mol. The fourth-order valence-electron chi connectivity index (χ4n) is 2.44. The van der Waals surface area contributed by atoms with Crippen molar-refractivity contribution >= 4 is 22.6 Å². The molecule has 152 valence electrons. The van der Waals surface area contributed by atoms with Gasteiger partial charge in [-0.3, -0.25) is 0 Å². The third-order valence-electron chi connectivity index (χ3n) is 4.09. The molecule has 0 N–H and O–H groups in total. The summed E-state index contributed by atoms with van der Waals surface area (Å²) in [5, 5.41) is 4.53. The zero-order valence-electron chi connectivity index (χ0n) is 15.9. The van der Waals surface area contributed by atoms with Gasteiger partial charge in [0.05, 0.1) is 17.6 Å². The van der Waals surface area contributed by atoms with Crippen molar-refractivity contribution in [2.24, 2.45) is 10.4 Å². The molecule has 2 rings (SSSR count). The Hall–Kier alpha value is -1.70. The van der Waals surface area contributed by atoms with Crippen LogP contribution < -0.4 is 4.74 Å². The Morgan fingerprint density at radius 3 is 2.56 bits per heavy atom. The fraction of sp³-hybridized carbons (Fsp3) is 0.667. The summed E-state index contributed by atoms with van der Waals surface area (Å²) >= 11 is 5.86. The van der Waals surface area contributed by atoms with E-state index in [9.17, 15) is 13.2 Å². The Balaban J connectivity index is 1.93. The van der Waals surface area contributed by atoms with Gasteiger partial charge in [0.15, 0.2) is 5.82 Å². The number of aromatic nitrogens is 2.